The van der Waals surface area contributed by atoms with E-state index >= 15 is 0 Å². The van der Waals surface area contributed by atoms with E-state index in [1.165, 1.54) is 0 Å². The number of nitrogens with zero attached hydrogens (tertiary/aromatic N) is 3. The maximum atomic E-state index is 12.6. The molecule has 1 amide bonds. The molecule has 1 aliphatic heterocycles. The fraction of sp³-hybridized carbons (Fsp3) is 0.714. The summed E-state index contributed by atoms with van der Waals surface area (Å²) in [5.41, 5.74) is 1.49. The number of aryl methyl sites for hydroxylation is 1. The standard InChI is InChI=1S/C14H21N3O3/c1-16-6-7-17(8-10(16)9-18)14(19)13-11-4-2-3-5-12(11)20-15-13/h10,18H,2-9H2,1H3/t10-/m0/s1. The number of hydrogen-bond donors (Lipinski definition) is 1. The number of carbonyl (C=O) groups is 1. The van der Waals surface area contributed by atoms with Gasteiger partial charge in [0.25, 0.3) is 5.91 Å². The minimum atomic E-state index is -0.0524. The predicted octanol–water partition coefficient (Wildman–Crippen LogP) is 0.302. The third-order valence-electron chi connectivity index (χ3n) is 4.43. The molecule has 0 spiro atoms. The molecule has 0 aromatic carbocycles. The molecule has 1 aliphatic carbocycles. The number of aliphatic hydroxyl groups is 1. The Morgan fingerprint density at radius 2 is 2.20 bits per heavy atom. The average molecular weight is 279 g/mol. The summed E-state index contributed by atoms with van der Waals surface area (Å²) in [5.74, 6) is 0.830. The Hall–Kier alpha value is -1.40. The van der Waals surface area contributed by atoms with E-state index in [4.69, 9.17) is 4.52 Å². The number of rotatable bonds is 2. The molecule has 1 aromatic heterocycles. The highest BCUT2D eigenvalue weighted by atomic mass is 16.5. The SMILES string of the molecule is CN1CCN(C(=O)c2noc3c2CCCC3)C[C@H]1CO. The molecule has 0 unspecified atom stereocenters. The lowest BCUT2D eigenvalue weighted by Gasteiger charge is -2.38. The van der Waals surface area contributed by atoms with Crippen LogP contribution in [0.15, 0.2) is 4.52 Å². The van der Waals surface area contributed by atoms with Crippen molar-refractivity contribution in [3.63, 3.8) is 0 Å². The fourth-order valence-electron chi connectivity index (χ4n) is 3.03. The lowest BCUT2D eigenvalue weighted by Crippen LogP contribution is -2.54. The van der Waals surface area contributed by atoms with Crippen molar-refractivity contribution >= 4 is 5.91 Å². The highest BCUT2D eigenvalue weighted by molar-refractivity contribution is 5.94. The maximum Gasteiger partial charge on any atom is 0.276 e. The van der Waals surface area contributed by atoms with Crippen molar-refractivity contribution in [3.05, 3.63) is 17.0 Å². The van der Waals surface area contributed by atoms with Crippen LogP contribution >= 0.6 is 0 Å². The van der Waals surface area contributed by atoms with Gasteiger partial charge in [-0.2, -0.15) is 0 Å². The summed E-state index contributed by atoms with van der Waals surface area (Å²) in [7, 11) is 1.97. The summed E-state index contributed by atoms with van der Waals surface area (Å²) in [6, 6.07) is 0.00965. The summed E-state index contributed by atoms with van der Waals surface area (Å²) in [5, 5.41) is 13.4. The van der Waals surface area contributed by atoms with Crippen molar-refractivity contribution in [1.29, 1.82) is 0 Å². The van der Waals surface area contributed by atoms with Gasteiger partial charge >= 0.3 is 0 Å². The zero-order valence-electron chi connectivity index (χ0n) is 11.8. The number of aliphatic hydroxyl groups excluding tert-OH is 1. The van der Waals surface area contributed by atoms with Crippen LogP contribution in [0.25, 0.3) is 0 Å². The number of aromatic nitrogens is 1. The Morgan fingerprint density at radius 3 is 3.00 bits per heavy atom. The number of fused-ring (bicyclic) bond motifs is 1. The van der Waals surface area contributed by atoms with E-state index in [-0.39, 0.29) is 18.6 Å². The third kappa shape index (κ3) is 2.33. The smallest absolute Gasteiger partial charge is 0.276 e. The number of amides is 1. The van der Waals surface area contributed by atoms with Gasteiger partial charge in [0.1, 0.15) is 5.76 Å². The lowest BCUT2D eigenvalue weighted by atomic mass is 9.96. The fourth-order valence-corrected chi connectivity index (χ4v) is 3.03. The summed E-state index contributed by atoms with van der Waals surface area (Å²) < 4.78 is 5.32. The maximum absolute atomic E-state index is 12.6. The lowest BCUT2D eigenvalue weighted by molar-refractivity contribution is 0.0412. The van der Waals surface area contributed by atoms with Crippen molar-refractivity contribution in [3.8, 4) is 0 Å². The molecular formula is C14H21N3O3. The van der Waals surface area contributed by atoms with Gasteiger partial charge in [0, 0.05) is 31.6 Å². The van der Waals surface area contributed by atoms with Crippen LogP contribution in [-0.2, 0) is 12.8 Å². The molecule has 2 heterocycles. The summed E-state index contributed by atoms with van der Waals surface area (Å²) >= 11 is 0. The van der Waals surface area contributed by atoms with E-state index in [0.29, 0.717) is 18.8 Å². The van der Waals surface area contributed by atoms with Gasteiger partial charge in [0.2, 0.25) is 0 Å². The van der Waals surface area contributed by atoms with E-state index in [2.05, 4.69) is 10.1 Å². The van der Waals surface area contributed by atoms with Crippen LogP contribution in [0.4, 0.5) is 0 Å². The van der Waals surface area contributed by atoms with Gasteiger partial charge in [-0.3, -0.25) is 9.69 Å². The van der Waals surface area contributed by atoms with Gasteiger partial charge in [-0.1, -0.05) is 5.16 Å². The van der Waals surface area contributed by atoms with Crippen molar-refractivity contribution in [2.45, 2.75) is 31.7 Å². The van der Waals surface area contributed by atoms with Crippen LogP contribution in [0, 0.1) is 0 Å². The molecule has 20 heavy (non-hydrogen) atoms. The number of hydrogen-bond acceptors (Lipinski definition) is 5. The molecule has 0 bridgehead atoms. The Balaban J connectivity index is 1.77. The van der Waals surface area contributed by atoms with Crippen LogP contribution in [0.2, 0.25) is 0 Å². The molecule has 1 aromatic rings. The van der Waals surface area contributed by atoms with Crippen molar-refractivity contribution in [2.24, 2.45) is 0 Å². The van der Waals surface area contributed by atoms with Crippen LogP contribution in [0.3, 0.4) is 0 Å². The van der Waals surface area contributed by atoms with Gasteiger partial charge in [0.15, 0.2) is 5.69 Å². The average Bonchev–Trinajstić information content (AvgIpc) is 2.91. The second kappa shape index (κ2) is 5.54. The molecule has 0 radical (unpaired) electrons. The normalized spacial score (nSPS) is 23.7. The van der Waals surface area contributed by atoms with Crippen molar-refractivity contribution in [2.75, 3.05) is 33.3 Å². The zero-order valence-corrected chi connectivity index (χ0v) is 11.8. The van der Waals surface area contributed by atoms with Crippen molar-refractivity contribution < 1.29 is 14.4 Å². The van der Waals surface area contributed by atoms with Crippen LogP contribution in [0.1, 0.15) is 34.7 Å². The molecule has 0 saturated carbocycles. The van der Waals surface area contributed by atoms with E-state index in [1.807, 2.05) is 7.05 Å². The molecular weight excluding hydrogens is 258 g/mol. The molecule has 6 nitrogen and oxygen atoms in total. The second-order valence-electron chi connectivity index (χ2n) is 5.71. The summed E-state index contributed by atoms with van der Waals surface area (Å²) in [6.45, 7) is 2.06. The van der Waals surface area contributed by atoms with Gasteiger partial charge in [-0.15, -0.1) is 0 Å². The minimum absolute atomic E-state index is 0.00965. The highest BCUT2D eigenvalue weighted by Gasteiger charge is 2.31. The van der Waals surface area contributed by atoms with Gasteiger partial charge in [-0.05, 0) is 26.3 Å². The topological polar surface area (TPSA) is 69.8 Å². The molecule has 1 atom stereocenters. The minimum Gasteiger partial charge on any atom is -0.395 e. The first-order valence-corrected chi connectivity index (χ1v) is 7.28. The molecule has 6 heteroatoms. The molecule has 1 fully saturated rings. The van der Waals surface area contributed by atoms with Crippen LogP contribution < -0.4 is 0 Å². The quantitative estimate of drug-likeness (QED) is 0.843. The molecule has 3 rings (SSSR count). The first-order chi connectivity index (χ1) is 9.70. The molecule has 1 N–H and O–H groups in total. The van der Waals surface area contributed by atoms with E-state index in [0.717, 1.165) is 43.6 Å². The first-order valence-electron chi connectivity index (χ1n) is 7.28. The first kappa shape index (κ1) is 13.6. The molecule has 1 saturated heterocycles. The second-order valence-corrected chi connectivity index (χ2v) is 5.71. The zero-order chi connectivity index (χ0) is 14.1. The molecule has 2 aliphatic rings. The number of likely N-dealkylation sites (N-methyl/N-ethyl adjacent to an activating group) is 1. The monoisotopic (exact) mass is 279 g/mol. The molecule has 110 valence electrons. The summed E-state index contributed by atoms with van der Waals surface area (Å²) in [6.07, 6.45) is 3.97. The van der Waals surface area contributed by atoms with Gasteiger partial charge in [-0.25, -0.2) is 0 Å². The summed E-state index contributed by atoms with van der Waals surface area (Å²) in [4.78, 5) is 16.5. The van der Waals surface area contributed by atoms with Crippen molar-refractivity contribution in [1.82, 2.24) is 15.0 Å². The Morgan fingerprint density at radius 1 is 1.40 bits per heavy atom. The van der Waals surface area contributed by atoms with E-state index in [9.17, 15) is 9.90 Å². The van der Waals surface area contributed by atoms with Crippen LogP contribution in [0.5, 0.6) is 0 Å². The van der Waals surface area contributed by atoms with Gasteiger partial charge in [0.05, 0.1) is 12.6 Å². The predicted molar refractivity (Wildman–Crippen MR) is 72.6 cm³/mol. The largest absolute Gasteiger partial charge is 0.395 e. The third-order valence-corrected chi connectivity index (χ3v) is 4.43. The van der Waals surface area contributed by atoms with Crippen LogP contribution in [-0.4, -0.2) is 65.3 Å². The van der Waals surface area contributed by atoms with E-state index in [1.54, 1.807) is 4.90 Å². The Labute approximate surface area is 118 Å². The Bertz CT molecular complexity index is 500. The number of carbonyl (C=O) groups excluding carboxylic acids is 1. The number of piperazine rings is 1. The Kier molecular flexibility index (Phi) is 3.76. The highest BCUT2D eigenvalue weighted by Crippen LogP contribution is 2.25. The van der Waals surface area contributed by atoms with E-state index < -0.39 is 0 Å². The van der Waals surface area contributed by atoms with Gasteiger partial charge < -0.3 is 14.5 Å².